The Balaban J connectivity index is 2.80. The van der Waals surface area contributed by atoms with Gasteiger partial charge < -0.3 is 18.9 Å². The maximum atomic E-state index is 12.1. The topological polar surface area (TPSA) is 65.0 Å². The molecular weight excluding hydrogens is 298 g/mol. The Morgan fingerprint density at radius 2 is 1.90 bits per heavy atom. The van der Waals surface area contributed by atoms with Crippen LogP contribution in [0.5, 0.6) is 0 Å². The van der Waals surface area contributed by atoms with E-state index in [0.29, 0.717) is 6.61 Å². The van der Waals surface area contributed by atoms with Gasteiger partial charge in [-0.25, -0.2) is 0 Å². The van der Waals surface area contributed by atoms with Gasteiger partial charge in [0.1, 0.15) is 6.10 Å². The molecule has 1 heterocycles. The number of rotatable bonds is 7. The third-order valence-corrected chi connectivity index (χ3v) is 6.32. The summed E-state index contributed by atoms with van der Waals surface area (Å²) >= 11 is 1.47. The molecule has 2 radical (unpaired) electrons. The molecule has 0 aliphatic carbocycles. The van der Waals surface area contributed by atoms with Gasteiger partial charge >= 0.3 is 7.60 Å². The van der Waals surface area contributed by atoms with Crippen molar-refractivity contribution in [3.8, 4) is 0 Å². The molecule has 1 aliphatic rings. The summed E-state index contributed by atoms with van der Waals surface area (Å²) in [7, 11) is 3.86. The molecule has 8 heteroatoms. The second kappa shape index (κ2) is 7.66. The SMILES string of the molecule is [B][C@@H]1S[C@H](COC(C)C)[C@@H](OP(=O)(O)C(C)C)[C@H]1OC. The van der Waals surface area contributed by atoms with Crippen molar-refractivity contribution in [3.05, 3.63) is 0 Å². The first-order chi connectivity index (χ1) is 9.19. The van der Waals surface area contributed by atoms with Crippen molar-refractivity contribution in [2.24, 2.45) is 0 Å². The predicted molar refractivity (Wildman–Crippen MR) is 82.6 cm³/mol. The smallest absolute Gasteiger partial charge is 0.331 e. The van der Waals surface area contributed by atoms with Gasteiger partial charge in [0.15, 0.2) is 0 Å². The minimum Gasteiger partial charge on any atom is -0.378 e. The van der Waals surface area contributed by atoms with E-state index in [0.717, 1.165) is 0 Å². The van der Waals surface area contributed by atoms with Crippen LogP contribution in [-0.4, -0.2) is 60.8 Å². The Kier molecular flexibility index (Phi) is 7.10. The molecule has 0 bridgehead atoms. The first-order valence-electron chi connectivity index (χ1n) is 6.75. The highest BCUT2D eigenvalue weighted by Crippen LogP contribution is 2.52. The van der Waals surface area contributed by atoms with Crippen molar-refractivity contribution in [2.75, 3.05) is 13.7 Å². The monoisotopic (exact) mass is 322 g/mol. The third-order valence-electron chi connectivity index (χ3n) is 3.14. The van der Waals surface area contributed by atoms with Crippen LogP contribution in [0.1, 0.15) is 27.7 Å². The van der Waals surface area contributed by atoms with Crippen LogP contribution < -0.4 is 0 Å². The van der Waals surface area contributed by atoms with Crippen molar-refractivity contribution in [3.63, 3.8) is 0 Å². The highest BCUT2D eigenvalue weighted by Gasteiger charge is 2.46. The first kappa shape index (κ1) is 18.5. The Labute approximate surface area is 127 Å². The lowest BCUT2D eigenvalue weighted by molar-refractivity contribution is -0.00683. The summed E-state index contributed by atoms with van der Waals surface area (Å²) in [5.74, 6) is 0. The summed E-state index contributed by atoms with van der Waals surface area (Å²) in [6, 6.07) is 0. The van der Waals surface area contributed by atoms with Crippen LogP contribution in [-0.2, 0) is 18.6 Å². The minimum atomic E-state index is -3.68. The molecule has 0 aromatic rings. The van der Waals surface area contributed by atoms with Crippen molar-refractivity contribution in [1.29, 1.82) is 0 Å². The fraction of sp³-hybridized carbons (Fsp3) is 1.00. The summed E-state index contributed by atoms with van der Waals surface area (Å²) in [5.41, 5.74) is -0.464. The average molecular weight is 322 g/mol. The van der Waals surface area contributed by atoms with Gasteiger partial charge in [-0.15, -0.1) is 0 Å². The van der Waals surface area contributed by atoms with Crippen molar-refractivity contribution in [2.45, 2.75) is 62.1 Å². The third kappa shape index (κ3) is 4.75. The molecule has 1 aliphatic heterocycles. The summed E-state index contributed by atoms with van der Waals surface area (Å²) in [6.07, 6.45) is -0.878. The molecule has 0 aromatic carbocycles. The van der Waals surface area contributed by atoms with E-state index < -0.39 is 25.5 Å². The quantitative estimate of drug-likeness (QED) is 0.571. The molecule has 116 valence electrons. The van der Waals surface area contributed by atoms with Crippen molar-refractivity contribution < 1.29 is 23.5 Å². The maximum absolute atomic E-state index is 12.1. The second-order valence-electron chi connectivity index (χ2n) is 5.45. The van der Waals surface area contributed by atoms with Gasteiger partial charge in [-0.1, -0.05) is 13.8 Å². The van der Waals surface area contributed by atoms with Gasteiger partial charge in [-0.05, 0) is 19.0 Å². The molecule has 0 saturated carbocycles. The van der Waals surface area contributed by atoms with Crippen LogP contribution in [0.3, 0.4) is 0 Å². The van der Waals surface area contributed by atoms with E-state index in [9.17, 15) is 9.46 Å². The number of ether oxygens (including phenoxy) is 2. The highest BCUT2D eigenvalue weighted by atomic mass is 32.2. The Morgan fingerprint density at radius 3 is 2.35 bits per heavy atom. The average Bonchev–Trinajstić information content (AvgIpc) is 2.61. The molecule has 1 rings (SSSR count). The van der Waals surface area contributed by atoms with Crippen LogP contribution >= 0.6 is 19.4 Å². The van der Waals surface area contributed by atoms with Gasteiger partial charge in [-0.2, -0.15) is 11.8 Å². The van der Waals surface area contributed by atoms with E-state index in [2.05, 4.69) is 0 Å². The second-order valence-corrected chi connectivity index (χ2v) is 9.24. The van der Waals surface area contributed by atoms with Crippen LogP contribution in [0, 0.1) is 0 Å². The largest absolute Gasteiger partial charge is 0.378 e. The normalized spacial score (nSPS) is 33.8. The molecule has 5 nitrogen and oxygen atoms in total. The van der Waals surface area contributed by atoms with Gasteiger partial charge in [-0.3, -0.25) is 4.57 Å². The molecule has 1 unspecified atom stereocenters. The summed E-state index contributed by atoms with van der Waals surface area (Å²) in [4.78, 5) is 9.93. The molecule has 0 aromatic heterocycles. The number of hydrogen-bond donors (Lipinski definition) is 1. The van der Waals surface area contributed by atoms with Crippen LogP contribution in [0.15, 0.2) is 0 Å². The summed E-state index contributed by atoms with van der Waals surface area (Å²) in [6.45, 7) is 7.61. The summed E-state index contributed by atoms with van der Waals surface area (Å²) < 4.78 is 28.5. The number of hydrogen-bond acceptors (Lipinski definition) is 5. The van der Waals surface area contributed by atoms with Crippen molar-refractivity contribution in [1.82, 2.24) is 0 Å². The zero-order chi connectivity index (χ0) is 15.5. The van der Waals surface area contributed by atoms with Crippen LogP contribution in [0.4, 0.5) is 0 Å². The van der Waals surface area contributed by atoms with E-state index in [-0.39, 0.29) is 16.5 Å². The van der Waals surface area contributed by atoms with Crippen LogP contribution in [0.2, 0.25) is 0 Å². The first-order valence-corrected chi connectivity index (χ1v) is 9.34. The molecule has 0 spiro atoms. The lowest BCUT2D eigenvalue weighted by atomic mass is 9.94. The van der Waals surface area contributed by atoms with E-state index >= 15 is 0 Å². The van der Waals surface area contributed by atoms with Crippen molar-refractivity contribution >= 4 is 27.2 Å². The molecule has 1 N–H and O–H groups in total. The molecule has 1 fully saturated rings. The van der Waals surface area contributed by atoms with Crippen LogP contribution in [0.25, 0.3) is 0 Å². The predicted octanol–water partition coefficient (Wildman–Crippen LogP) is 2.02. The highest BCUT2D eigenvalue weighted by molar-refractivity contribution is 8.02. The summed E-state index contributed by atoms with van der Waals surface area (Å²) in [5, 5.41) is -0.408. The molecule has 5 atom stereocenters. The van der Waals surface area contributed by atoms with E-state index in [1.165, 1.54) is 18.9 Å². The van der Waals surface area contributed by atoms with Gasteiger partial charge in [0.25, 0.3) is 0 Å². The maximum Gasteiger partial charge on any atom is 0.331 e. The molecule has 0 amide bonds. The van der Waals surface area contributed by atoms with E-state index in [1.54, 1.807) is 13.8 Å². The van der Waals surface area contributed by atoms with E-state index in [4.69, 9.17) is 21.8 Å². The lowest BCUT2D eigenvalue weighted by Gasteiger charge is -2.28. The zero-order valence-electron chi connectivity index (χ0n) is 12.7. The molecule has 20 heavy (non-hydrogen) atoms. The fourth-order valence-corrected chi connectivity index (χ4v) is 4.16. The molecule has 1 saturated heterocycles. The van der Waals surface area contributed by atoms with Gasteiger partial charge in [0.2, 0.25) is 0 Å². The Hall–Kier alpha value is 0.485. The van der Waals surface area contributed by atoms with E-state index in [1.807, 2.05) is 13.8 Å². The number of thioether (sulfide) groups is 1. The minimum absolute atomic E-state index is 0.0834. The lowest BCUT2D eigenvalue weighted by Crippen LogP contribution is -2.38. The Bertz CT molecular complexity index is 355. The van der Waals surface area contributed by atoms with Gasteiger partial charge in [0, 0.05) is 7.11 Å². The Morgan fingerprint density at radius 1 is 1.30 bits per heavy atom. The van der Waals surface area contributed by atoms with Gasteiger partial charge in [0.05, 0.1) is 37.6 Å². The standard InChI is InChI=1S/C12H24BO5PS/c1-7(2)17-6-9-10(11(16-5)12(13)20-9)18-19(14,15)8(3)4/h7-12H,6H2,1-5H3,(H,14,15)/t9-,10-,11-,12-/m1/s1. The number of methoxy groups -OCH3 is 1. The zero-order valence-corrected chi connectivity index (χ0v) is 14.4. The molecular formula is C12H24BO5PS. The fourth-order valence-electron chi connectivity index (χ4n) is 1.87.